The van der Waals surface area contributed by atoms with Crippen molar-refractivity contribution in [3.63, 3.8) is 0 Å². The number of nitrogens with one attached hydrogen (secondary N) is 1. The Hall–Kier alpha value is -1.68. The Labute approximate surface area is 107 Å². The number of aromatic nitrogens is 2. The maximum absolute atomic E-state index is 4.71. The van der Waals surface area contributed by atoms with Crippen LogP contribution in [0.4, 0.5) is 0 Å². The lowest BCUT2D eigenvalue weighted by atomic mass is 9.96. The third-order valence-corrected chi connectivity index (χ3v) is 3.32. The van der Waals surface area contributed by atoms with Gasteiger partial charge in [0.15, 0.2) is 5.82 Å². The van der Waals surface area contributed by atoms with Crippen LogP contribution in [0.1, 0.15) is 41.0 Å². The van der Waals surface area contributed by atoms with Gasteiger partial charge in [0.2, 0.25) is 6.39 Å². The summed E-state index contributed by atoms with van der Waals surface area (Å²) in [7, 11) is 0. The molecule has 0 fully saturated rings. The Bertz CT molecular complexity index is 520. The Morgan fingerprint density at radius 1 is 1.17 bits per heavy atom. The van der Waals surface area contributed by atoms with E-state index in [1.54, 1.807) is 0 Å². The molecule has 18 heavy (non-hydrogen) atoms. The van der Waals surface area contributed by atoms with Crippen LogP contribution in [0.2, 0.25) is 0 Å². The molecule has 0 aliphatic heterocycles. The number of benzene rings is 1. The summed E-state index contributed by atoms with van der Waals surface area (Å²) in [5.74, 6) is 0.684. The van der Waals surface area contributed by atoms with Crippen LogP contribution in [0.5, 0.6) is 0 Å². The lowest BCUT2D eigenvalue weighted by Gasteiger charge is -2.17. The molecule has 0 amide bonds. The fourth-order valence-electron chi connectivity index (χ4n) is 2.07. The molecule has 4 heteroatoms. The van der Waals surface area contributed by atoms with Crippen LogP contribution in [-0.2, 0) is 6.54 Å². The summed E-state index contributed by atoms with van der Waals surface area (Å²) in [6.45, 7) is 9.20. The minimum Gasteiger partial charge on any atom is -0.343 e. The largest absolute Gasteiger partial charge is 0.343 e. The van der Waals surface area contributed by atoms with Gasteiger partial charge in [-0.25, -0.2) is 0 Å². The van der Waals surface area contributed by atoms with Crippen LogP contribution in [0, 0.1) is 20.8 Å². The summed E-state index contributed by atoms with van der Waals surface area (Å²) in [5.41, 5.74) is 5.29. The number of rotatable bonds is 4. The molecule has 0 saturated carbocycles. The topological polar surface area (TPSA) is 51.0 Å². The molecule has 1 N–H and O–H groups in total. The van der Waals surface area contributed by atoms with Crippen molar-refractivity contribution in [2.24, 2.45) is 0 Å². The van der Waals surface area contributed by atoms with Gasteiger partial charge in [0.05, 0.1) is 6.54 Å². The quantitative estimate of drug-likeness (QED) is 0.900. The van der Waals surface area contributed by atoms with Crippen molar-refractivity contribution in [3.8, 4) is 0 Å². The van der Waals surface area contributed by atoms with Gasteiger partial charge in [-0.05, 0) is 49.9 Å². The van der Waals surface area contributed by atoms with Gasteiger partial charge in [-0.2, -0.15) is 4.98 Å². The van der Waals surface area contributed by atoms with E-state index in [9.17, 15) is 0 Å². The first-order chi connectivity index (χ1) is 8.58. The number of hydrogen-bond acceptors (Lipinski definition) is 4. The highest BCUT2D eigenvalue weighted by Gasteiger charge is 2.10. The Morgan fingerprint density at radius 2 is 1.89 bits per heavy atom. The van der Waals surface area contributed by atoms with Gasteiger partial charge in [-0.15, -0.1) is 0 Å². The van der Waals surface area contributed by atoms with Crippen molar-refractivity contribution >= 4 is 0 Å². The van der Waals surface area contributed by atoms with Gasteiger partial charge in [-0.3, -0.25) is 0 Å². The van der Waals surface area contributed by atoms with Gasteiger partial charge >= 0.3 is 0 Å². The Morgan fingerprint density at radius 3 is 2.56 bits per heavy atom. The molecule has 1 unspecified atom stereocenters. The SMILES string of the molecule is Cc1cc(C)c(C(C)NCc2ncon2)cc1C. The summed E-state index contributed by atoms with van der Waals surface area (Å²) >= 11 is 0. The molecule has 4 nitrogen and oxygen atoms in total. The maximum atomic E-state index is 4.71. The van der Waals surface area contributed by atoms with Crippen molar-refractivity contribution in [3.05, 3.63) is 46.6 Å². The molecule has 1 heterocycles. The third kappa shape index (κ3) is 2.76. The number of hydrogen-bond donors (Lipinski definition) is 1. The minimum atomic E-state index is 0.266. The van der Waals surface area contributed by atoms with Crippen LogP contribution >= 0.6 is 0 Å². The third-order valence-electron chi connectivity index (χ3n) is 3.32. The van der Waals surface area contributed by atoms with Crippen LogP contribution < -0.4 is 5.32 Å². The fraction of sp³-hybridized carbons (Fsp3) is 0.429. The zero-order valence-electron chi connectivity index (χ0n) is 11.3. The highest BCUT2D eigenvalue weighted by molar-refractivity contribution is 5.37. The van der Waals surface area contributed by atoms with Crippen LogP contribution in [0.3, 0.4) is 0 Å². The summed E-state index contributed by atoms with van der Waals surface area (Å²) in [6.07, 6.45) is 1.35. The first kappa shape index (κ1) is 12.8. The van der Waals surface area contributed by atoms with Crippen molar-refractivity contribution in [2.75, 3.05) is 0 Å². The van der Waals surface area contributed by atoms with Gasteiger partial charge in [0.1, 0.15) is 0 Å². The van der Waals surface area contributed by atoms with E-state index in [-0.39, 0.29) is 6.04 Å². The molecule has 1 atom stereocenters. The van der Waals surface area contributed by atoms with Gasteiger partial charge in [0, 0.05) is 6.04 Å². The second-order valence-electron chi connectivity index (χ2n) is 4.74. The predicted octanol–water partition coefficient (Wildman–Crippen LogP) is 2.85. The zero-order valence-corrected chi connectivity index (χ0v) is 11.3. The summed E-state index contributed by atoms with van der Waals surface area (Å²) < 4.78 is 4.71. The molecule has 96 valence electrons. The zero-order chi connectivity index (χ0) is 13.1. The average Bonchev–Trinajstić information content (AvgIpc) is 2.84. The predicted molar refractivity (Wildman–Crippen MR) is 70.2 cm³/mol. The van der Waals surface area contributed by atoms with Crippen LogP contribution in [-0.4, -0.2) is 10.1 Å². The molecular formula is C14H19N3O. The number of aryl methyl sites for hydroxylation is 3. The first-order valence-electron chi connectivity index (χ1n) is 6.14. The summed E-state index contributed by atoms with van der Waals surface area (Å²) in [4.78, 5) is 4.00. The van der Waals surface area contributed by atoms with E-state index in [0.717, 1.165) is 0 Å². The monoisotopic (exact) mass is 245 g/mol. The second kappa shape index (κ2) is 5.31. The smallest absolute Gasteiger partial charge is 0.213 e. The Balaban J connectivity index is 2.09. The molecule has 0 aliphatic carbocycles. The van der Waals surface area contributed by atoms with E-state index in [2.05, 4.69) is 55.3 Å². The molecule has 0 spiro atoms. The normalized spacial score (nSPS) is 12.7. The first-order valence-corrected chi connectivity index (χ1v) is 6.14. The maximum Gasteiger partial charge on any atom is 0.213 e. The highest BCUT2D eigenvalue weighted by atomic mass is 16.5. The summed E-state index contributed by atoms with van der Waals surface area (Å²) in [5, 5.41) is 7.19. The lowest BCUT2D eigenvalue weighted by Crippen LogP contribution is -2.19. The Kier molecular flexibility index (Phi) is 3.77. The van der Waals surface area contributed by atoms with Crippen molar-refractivity contribution in [1.29, 1.82) is 0 Å². The van der Waals surface area contributed by atoms with E-state index in [0.29, 0.717) is 12.4 Å². The molecule has 0 bridgehead atoms. The van der Waals surface area contributed by atoms with Crippen molar-refractivity contribution in [2.45, 2.75) is 40.3 Å². The molecule has 2 aromatic rings. The van der Waals surface area contributed by atoms with Crippen LogP contribution in [0.25, 0.3) is 0 Å². The fourth-order valence-corrected chi connectivity index (χ4v) is 2.07. The minimum absolute atomic E-state index is 0.266. The van der Waals surface area contributed by atoms with Crippen LogP contribution in [0.15, 0.2) is 23.0 Å². The molecule has 0 aliphatic rings. The molecular weight excluding hydrogens is 226 g/mol. The standard InChI is InChI=1S/C14H19N3O/c1-9-5-11(3)13(6-10(9)2)12(4)15-7-14-16-8-18-17-14/h5-6,8,12,15H,7H2,1-4H3. The molecule has 0 saturated heterocycles. The van der Waals surface area contributed by atoms with E-state index in [1.807, 2.05) is 0 Å². The second-order valence-corrected chi connectivity index (χ2v) is 4.74. The highest BCUT2D eigenvalue weighted by Crippen LogP contribution is 2.21. The molecule has 1 aromatic carbocycles. The van der Waals surface area contributed by atoms with E-state index >= 15 is 0 Å². The molecule has 2 rings (SSSR count). The molecule has 0 radical (unpaired) electrons. The van der Waals surface area contributed by atoms with Gasteiger partial charge < -0.3 is 9.84 Å². The van der Waals surface area contributed by atoms with Gasteiger partial charge in [0.25, 0.3) is 0 Å². The molecule has 1 aromatic heterocycles. The van der Waals surface area contributed by atoms with Crippen molar-refractivity contribution < 1.29 is 4.52 Å². The van der Waals surface area contributed by atoms with E-state index in [1.165, 1.54) is 28.6 Å². The average molecular weight is 245 g/mol. The van der Waals surface area contributed by atoms with Gasteiger partial charge in [-0.1, -0.05) is 17.3 Å². The summed E-state index contributed by atoms with van der Waals surface area (Å²) in [6, 6.07) is 4.75. The van der Waals surface area contributed by atoms with E-state index < -0.39 is 0 Å². The lowest BCUT2D eigenvalue weighted by molar-refractivity contribution is 0.405. The van der Waals surface area contributed by atoms with E-state index in [4.69, 9.17) is 4.52 Å². The number of nitrogens with zero attached hydrogens (tertiary/aromatic N) is 2. The van der Waals surface area contributed by atoms with Crippen molar-refractivity contribution in [1.82, 2.24) is 15.5 Å².